The molecule has 2 saturated heterocycles. The van der Waals surface area contributed by atoms with E-state index in [1.165, 1.54) is 18.3 Å². The van der Waals surface area contributed by atoms with Crippen LogP contribution >= 0.6 is 0 Å². The molecule has 0 radical (unpaired) electrons. The summed E-state index contributed by atoms with van der Waals surface area (Å²) in [4.78, 5) is 13.4. The quantitative estimate of drug-likeness (QED) is 0.276. The summed E-state index contributed by atoms with van der Waals surface area (Å²) >= 11 is 0. The van der Waals surface area contributed by atoms with Crippen LogP contribution in [0.3, 0.4) is 0 Å². The summed E-state index contributed by atoms with van der Waals surface area (Å²) in [6.07, 6.45) is 0.744. The third kappa shape index (κ3) is 4.02. The first-order chi connectivity index (χ1) is 14.8. The first-order valence-electron chi connectivity index (χ1n) is 12.2. The SMILES string of the molecule is COC(=O)[C@@]12CCC([C@@H]3COC(C)(C)O3)=C(C)[C@@H]1COC2O[Si](C(C)C)(C(C)C)C(C)C. The van der Waals surface area contributed by atoms with Crippen LogP contribution in [0.2, 0.25) is 16.6 Å². The van der Waals surface area contributed by atoms with Crippen LogP contribution in [0.25, 0.3) is 0 Å². The Morgan fingerprint density at radius 1 is 1.06 bits per heavy atom. The van der Waals surface area contributed by atoms with E-state index in [4.69, 9.17) is 23.4 Å². The molecule has 184 valence electrons. The van der Waals surface area contributed by atoms with E-state index in [1.54, 1.807) is 0 Å². The molecule has 0 amide bonds. The average molecular weight is 469 g/mol. The largest absolute Gasteiger partial charge is 0.468 e. The maximum absolute atomic E-state index is 13.4. The van der Waals surface area contributed by atoms with Gasteiger partial charge in [-0.15, -0.1) is 0 Å². The molecule has 6 nitrogen and oxygen atoms in total. The van der Waals surface area contributed by atoms with Gasteiger partial charge >= 0.3 is 5.97 Å². The van der Waals surface area contributed by atoms with Crippen molar-refractivity contribution in [2.24, 2.45) is 11.3 Å². The Kier molecular flexibility index (Phi) is 7.39. The lowest BCUT2D eigenvalue weighted by Gasteiger charge is -2.48. The predicted octanol–water partition coefficient (Wildman–Crippen LogP) is 5.57. The predicted molar refractivity (Wildman–Crippen MR) is 127 cm³/mol. The van der Waals surface area contributed by atoms with Crippen molar-refractivity contribution in [3.8, 4) is 0 Å². The molecule has 7 heteroatoms. The minimum atomic E-state index is -2.25. The summed E-state index contributed by atoms with van der Waals surface area (Å²) in [5, 5.41) is 0. The maximum Gasteiger partial charge on any atom is 0.317 e. The number of carbonyl (C=O) groups is 1. The van der Waals surface area contributed by atoms with Gasteiger partial charge in [0.05, 0.1) is 20.3 Å². The molecule has 4 atom stereocenters. The fourth-order valence-corrected chi connectivity index (χ4v) is 12.2. The van der Waals surface area contributed by atoms with Gasteiger partial charge in [0.25, 0.3) is 0 Å². The Bertz CT molecular complexity index is 721. The van der Waals surface area contributed by atoms with Crippen LogP contribution in [0.5, 0.6) is 0 Å². The summed E-state index contributed by atoms with van der Waals surface area (Å²) in [5.74, 6) is -0.871. The highest BCUT2D eigenvalue weighted by Crippen LogP contribution is 2.56. The van der Waals surface area contributed by atoms with Gasteiger partial charge in [0, 0.05) is 5.92 Å². The zero-order valence-corrected chi connectivity index (χ0v) is 22.7. The molecule has 0 aromatic carbocycles. The monoisotopic (exact) mass is 468 g/mol. The van der Waals surface area contributed by atoms with Gasteiger partial charge in [0.15, 0.2) is 12.1 Å². The number of esters is 1. The standard InChI is InChI=1S/C25H44O6Si/c1-15(2)32(16(3)4,17(5)6)31-23-25(22(26)27-10)12-11-19(18(7)20(25)13-28-23)21-14-29-24(8,9)30-21/h15-17,20-21,23H,11-14H2,1-10H3/t20-,21-,23?,25+/m0/s1. The molecule has 0 N–H and O–H groups in total. The van der Waals surface area contributed by atoms with Crippen LogP contribution in [0, 0.1) is 11.3 Å². The van der Waals surface area contributed by atoms with E-state index in [0.29, 0.717) is 36.3 Å². The lowest BCUT2D eigenvalue weighted by atomic mass is 9.64. The van der Waals surface area contributed by atoms with Gasteiger partial charge in [-0.2, -0.15) is 0 Å². The van der Waals surface area contributed by atoms with Gasteiger partial charge in [-0.3, -0.25) is 4.79 Å². The van der Waals surface area contributed by atoms with Crippen LogP contribution in [0.4, 0.5) is 0 Å². The Morgan fingerprint density at radius 3 is 2.12 bits per heavy atom. The lowest BCUT2D eigenvalue weighted by Crippen LogP contribution is -2.56. The van der Waals surface area contributed by atoms with Crippen LogP contribution < -0.4 is 0 Å². The molecule has 1 aliphatic carbocycles. The molecule has 3 aliphatic rings. The fourth-order valence-electron chi connectivity index (χ4n) is 6.75. The molecule has 2 heterocycles. The number of hydrogen-bond donors (Lipinski definition) is 0. The summed E-state index contributed by atoms with van der Waals surface area (Å²) in [5.41, 5.74) is 2.81. The molecular formula is C25H44O6Si. The molecule has 32 heavy (non-hydrogen) atoms. The van der Waals surface area contributed by atoms with Crippen LogP contribution in [-0.2, 0) is 28.2 Å². The van der Waals surface area contributed by atoms with Crippen LogP contribution in [0.15, 0.2) is 11.1 Å². The third-order valence-electron chi connectivity index (χ3n) is 8.27. The summed E-state index contributed by atoms with van der Waals surface area (Å²) in [6, 6.07) is 0. The number of ether oxygens (including phenoxy) is 4. The minimum Gasteiger partial charge on any atom is -0.468 e. The smallest absolute Gasteiger partial charge is 0.317 e. The molecule has 0 aromatic heterocycles. The molecule has 0 saturated carbocycles. The van der Waals surface area contributed by atoms with Gasteiger partial charge in [0.2, 0.25) is 8.32 Å². The van der Waals surface area contributed by atoms with Crippen molar-refractivity contribution in [3.63, 3.8) is 0 Å². The Balaban J connectivity index is 2.00. The number of hydrogen-bond acceptors (Lipinski definition) is 6. The van der Waals surface area contributed by atoms with Crippen molar-refractivity contribution in [1.82, 2.24) is 0 Å². The molecule has 0 bridgehead atoms. The second-order valence-corrected chi connectivity index (χ2v) is 16.6. The summed E-state index contributed by atoms with van der Waals surface area (Å²) in [7, 11) is -0.773. The molecule has 2 fully saturated rings. The summed E-state index contributed by atoms with van der Waals surface area (Å²) in [6.45, 7) is 20.6. The van der Waals surface area contributed by atoms with Gasteiger partial charge < -0.3 is 23.4 Å². The first kappa shape index (κ1) is 25.9. The van der Waals surface area contributed by atoms with Gasteiger partial charge in [-0.25, -0.2) is 0 Å². The lowest BCUT2D eigenvalue weighted by molar-refractivity contribution is -0.175. The fraction of sp³-hybridized carbons (Fsp3) is 0.880. The second-order valence-electron chi connectivity index (χ2n) is 11.2. The van der Waals surface area contributed by atoms with E-state index in [2.05, 4.69) is 48.5 Å². The number of methoxy groups -OCH3 is 1. The molecule has 0 aromatic rings. The van der Waals surface area contributed by atoms with E-state index in [-0.39, 0.29) is 18.0 Å². The van der Waals surface area contributed by atoms with E-state index >= 15 is 0 Å². The second kappa shape index (κ2) is 9.14. The van der Waals surface area contributed by atoms with Crippen molar-refractivity contribution in [3.05, 3.63) is 11.1 Å². The molecule has 3 rings (SSSR count). The normalized spacial score (nSPS) is 32.8. The molecule has 0 spiro atoms. The molecule has 2 aliphatic heterocycles. The molecular weight excluding hydrogens is 424 g/mol. The van der Waals surface area contributed by atoms with E-state index in [0.717, 1.165) is 6.42 Å². The van der Waals surface area contributed by atoms with Gasteiger partial charge in [-0.05, 0) is 55.8 Å². The highest BCUT2D eigenvalue weighted by atomic mass is 28.4. The number of rotatable bonds is 7. The van der Waals surface area contributed by atoms with Crippen molar-refractivity contribution in [2.75, 3.05) is 20.3 Å². The first-order valence-corrected chi connectivity index (χ1v) is 14.4. The van der Waals surface area contributed by atoms with E-state index in [9.17, 15) is 4.79 Å². The third-order valence-corrected chi connectivity index (χ3v) is 14.3. The highest BCUT2D eigenvalue weighted by Gasteiger charge is 2.63. The van der Waals surface area contributed by atoms with E-state index < -0.39 is 25.8 Å². The zero-order valence-electron chi connectivity index (χ0n) is 21.7. The Morgan fingerprint density at radius 2 is 1.66 bits per heavy atom. The van der Waals surface area contributed by atoms with Crippen molar-refractivity contribution in [1.29, 1.82) is 0 Å². The average Bonchev–Trinajstić information content (AvgIpc) is 3.25. The Hall–Kier alpha value is -0.733. The van der Waals surface area contributed by atoms with Gasteiger partial charge in [-0.1, -0.05) is 47.1 Å². The zero-order chi connectivity index (χ0) is 24.1. The highest BCUT2D eigenvalue weighted by molar-refractivity contribution is 6.77. The maximum atomic E-state index is 13.4. The number of fused-ring (bicyclic) bond motifs is 1. The van der Waals surface area contributed by atoms with Crippen molar-refractivity contribution >= 4 is 14.3 Å². The van der Waals surface area contributed by atoms with Crippen molar-refractivity contribution in [2.45, 2.75) is 110 Å². The topological polar surface area (TPSA) is 63.2 Å². The minimum absolute atomic E-state index is 0.0731. The Labute approximate surface area is 195 Å². The van der Waals surface area contributed by atoms with Crippen molar-refractivity contribution < 1.29 is 28.2 Å². The molecule has 1 unspecified atom stereocenters. The summed E-state index contributed by atoms with van der Waals surface area (Å²) < 4.78 is 30.8. The van der Waals surface area contributed by atoms with E-state index in [1.807, 2.05) is 13.8 Å². The van der Waals surface area contributed by atoms with Crippen LogP contribution in [0.1, 0.15) is 75.2 Å². The van der Waals surface area contributed by atoms with Crippen LogP contribution in [-0.4, -0.2) is 52.8 Å². The van der Waals surface area contributed by atoms with Gasteiger partial charge in [0.1, 0.15) is 11.5 Å². The number of carbonyl (C=O) groups excluding carboxylic acids is 1.